The van der Waals surface area contributed by atoms with Crippen LogP contribution in [-0.2, 0) is 5.54 Å². The van der Waals surface area contributed by atoms with Crippen molar-refractivity contribution < 1.29 is 9.13 Å². The predicted octanol–water partition coefficient (Wildman–Crippen LogP) is 3.91. The van der Waals surface area contributed by atoms with Gasteiger partial charge in [-0.3, -0.25) is 0 Å². The largest absolute Gasteiger partial charge is 0.493 e. The molecule has 0 atom stereocenters. The van der Waals surface area contributed by atoms with E-state index in [1.54, 1.807) is 0 Å². The van der Waals surface area contributed by atoms with E-state index in [1.165, 1.54) is 19.6 Å². The van der Waals surface area contributed by atoms with Crippen molar-refractivity contribution in [2.75, 3.05) is 7.11 Å². The topological polar surface area (TPSA) is 35.2 Å². The van der Waals surface area contributed by atoms with Crippen molar-refractivity contribution in [3.63, 3.8) is 0 Å². The molecular formula is C14H19ClFNO. The molecule has 1 saturated carbocycles. The molecule has 0 unspecified atom stereocenters. The summed E-state index contributed by atoms with van der Waals surface area (Å²) in [4.78, 5) is 0. The Labute approximate surface area is 112 Å². The minimum Gasteiger partial charge on any atom is -0.493 e. The average molecular weight is 272 g/mol. The van der Waals surface area contributed by atoms with Crippen LogP contribution in [0.1, 0.15) is 43.2 Å². The van der Waals surface area contributed by atoms with Gasteiger partial charge >= 0.3 is 0 Å². The quantitative estimate of drug-likeness (QED) is 0.885. The molecule has 0 radical (unpaired) electrons. The first-order valence-corrected chi connectivity index (χ1v) is 6.69. The van der Waals surface area contributed by atoms with E-state index in [-0.39, 0.29) is 5.75 Å². The fourth-order valence-corrected chi connectivity index (χ4v) is 3.12. The number of nitrogens with two attached hydrogens (primary N) is 1. The lowest BCUT2D eigenvalue weighted by atomic mass is 9.75. The van der Waals surface area contributed by atoms with Gasteiger partial charge in [-0.2, -0.15) is 0 Å². The maximum atomic E-state index is 14.0. The summed E-state index contributed by atoms with van der Waals surface area (Å²) in [6.45, 7) is 1.88. The van der Waals surface area contributed by atoms with Crippen LogP contribution >= 0.6 is 11.6 Å². The van der Waals surface area contributed by atoms with Gasteiger partial charge in [0.1, 0.15) is 0 Å². The van der Waals surface area contributed by atoms with Crippen molar-refractivity contribution in [2.24, 2.45) is 5.73 Å². The minimum atomic E-state index is -0.514. The molecule has 0 aliphatic heterocycles. The Morgan fingerprint density at radius 3 is 2.50 bits per heavy atom. The summed E-state index contributed by atoms with van der Waals surface area (Å²) in [5.74, 6) is -0.181. The number of benzene rings is 1. The van der Waals surface area contributed by atoms with E-state index in [0.717, 1.165) is 36.8 Å². The van der Waals surface area contributed by atoms with Crippen LogP contribution in [0.5, 0.6) is 5.75 Å². The van der Waals surface area contributed by atoms with Gasteiger partial charge in [-0.25, -0.2) is 4.39 Å². The summed E-state index contributed by atoms with van der Waals surface area (Å²) in [5.41, 5.74) is 7.55. The van der Waals surface area contributed by atoms with E-state index >= 15 is 0 Å². The fourth-order valence-electron chi connectivity index (χ4n) is 2.93. The van der Waals surface area contributed by atoms with Crippen LogP contribution in [0.3, 0.4) is 0 Å². The second-order valence-corrected chi connectivity index (χ2v) is 5.50. The molecule has 1 aliphatic rings. The number of methoxy groups -OCH3 is 1. The van der Waals surface area contributed by atoms with Gasteiger partial charge in [-0.15, -0.1) is 0 Å². The molecule has 0 aromatic heterocycles. The molecule has 2 nitrogen and oxygen atoms in total. The second kappa shape index (κ2) is 5.06. The lowest BCUT2D eigenvalue weighted by molar-refractivity contribution is 0.283. The van der Waals surface area contributed by atoms with Gasteiger partial charge < -0.3 is 10.5 Å². The minimum absolute atomic E-state index is 0.251. The maximum absolute atomic E-state index is 14.0. The lowest BCUT2D eigenvalue weighted by Crippen LogP contribution is -2.39. The molecule has 4 heteroatoms. The van der Waals surface area contributed by atoms with E-state index in [1.807, 2.05) is 6.92 Å². The third kappa shape index (κ3) is 2.21. The monoisotopic (exact) mass is 271 g/mol. The Morgan fingerprint density at radius 1 is 1.33 bits per heavy atom. The summed E-state index contributed by atoms with van der Waals surface area (Å²) in [6.07, 6.45) is 5.01. The molecule has 0 amide bonds. The van der Waals surface area contributed by atoms with Crippen molar-refractivity contribution in [3.05, 3.63) is 28.0 Å². The van der Waals surface area contributed by atoms with Crippen LogP contribution in [0.2, 0.25) is 5.02 Å². The highest BCUT2D eigenvalue weighted by atomic mass is 35.5. The molecular weight excluding hydrogens is 253 g/mol. The molecule has 2 rings (SSSR count). The first-order valence-electron chi connectivity index (χ1n) is 6.31. The van der Waals surface area contributed by atoms with Crippen molar-refractivity contribution in [1.29, 1.82) is 0 Å². The van der Waals surface area contributed by atoms with Gasteiger partial charge in [-0.1, -0.05) is 30.9 Å². The van der Waals surface area contributed by atoms with E-state index in [2.05, 4.69) is 0 Å². The molecule has 1 aromatic rings. The Balaban J connectivity index is 2.60. The zero-order chi connectivity index (χ0) is 13.3. The molecule has 0 saturated heterocycles. The Hall–Kier alpha value is -0.800. The number of ether oxygens (including phenoxy) is 1. The van der Waals surface area contributed by atoms with Gasteiger partial charge in [0.05, 0.1) is 7.11 Å². The van der Waals surface area contributed by atoms with Gasteiger partial charge in [0.15, 0.2) is 11.6 Å². The highest BCUT2D eigenvalue weighted by molar-refractivity contribution is 6.31. The summed E-state index contributed by atoms with van der Waals surface area (Å²) in [6, 6.07) is 1.30. The zero-order valence-corrected chi connectivity index (χ0v) is 11.6. The molecule has 1 aromatic carbocycles. The Bertz CT molecular complexity index is 456. The number of hydrogen-bond acceptors (Lipinski definition) is 2. The normalized spacial score (nSPS) is 18.7. The van der Waals surface area contributed by atoms with Gasteiger partial charge in [0, 0.05) is 16.1 Å². The van der Waals surface area contributed by atoms with Crippen molar-refractivity contribution in [3.8, 4) is 5.75 Å². The molecule has 1 aliphatic carbocycles. The first-order chi connectivity index (χ1) is 8.49. The van der Waals surface area contributed by atoms with Crippen LogP contribution in [-0.4, -0.2) is 7.11 Å². The maximum Gasteiger partial charge on any atom is 0.166 e. The fraction of sp³-hybridized carbons (Fsp3) is 0.571. The van der Waals surface area contributed by atoms with Gasteiger partial charge in [-0.05, 0) is 31.4 Å². The van der Waals surface area contributed by atoms with Crippen molar-refractivity contribution in [1.82, 2.24) is 0 Å². The van der Waals surface area contributed by atoms with E-state index in [4.69, 9.17) is 22.1 Å². The lowest BCUT2D eigenvalue weighted by Gasteiger charge is -2.36. The molecule has 0 bridgehead atoms. The summed E-state index contributed by atoms with van der Waals surface area (Å²) in [5, 5.41) is 0.415. The van der Waals surface area contributed by atoms with Crippen LogP contribution in [0.15, 0.2) is 6.07 Å². The SMILES string of the molecule is COc1c(F)cc(Cl)c(C)c1C1(N)CCCCC1. The standard InChI is InChI=1S/C14H19ClFNO/c1-9-10(15)8-11(16)13(18-2)12(9)14(17)6-4-3-5-7-14/h8H,3-7,17H2,1-2H3. The smallest absolute Gasteiger partial charge is 0.166 e. The van der Waals surface area contributed by atoms with Gasteiger partial charge in [0.2, 0.25) is 0 Å². The Morgan fingerprint density at radius 2 is 1.94 bits per heavy atom. The summed E-state index contributed by atoms with van der Waals surface area (Å²) < 4.78 is 19.2. The molecule has 0 heterocycles. The average Bonchev–Trinajstić information content (AvgIpc) is 2.34. The van der Waals surface area contributed by atoms with Crippen LogP contribution < -0.4 is 10.5 Å². The number of halogens is 2. The van der Waals surface area contributed by atoms with Crippen LogP contribution in [0.25, 0.3) is 0 Å². The zero-order valence-electron chi connectivity index (χ0n) is 10.9. The third-order valence-electron chi connectivity index (χ3n) is 3.88. The van der Waals surface area contributed by atoms with Crippen LogP contribution in [0.4, 0.5) is 4.39 Å². The van der Waals surface area contributed by atoms with Crippen molar-refractivity contribution in [2.45, 2.75) is 44.6 Å². The number of hydrogen-bond donors (Lipinski definition) is 1. The van der Waals surface area contributed by atoms with Crippen LogP contribution in [0, 0.1) is 12.7 Å². The van der Waals surface area contributed by atoms with Crippen molar-refractivity contribution >= 4 is 11.6 Å². The Kier molecular flexibility index (Phi) is 3.83. The third-order valence-corrected chi connectivity index (χ3v) is 4.27. The molecule has 18 heavy (non-hydrogen) atoms. The van der Waals surface area contributed by atoms with E-state index in [9.17, 15) is 4.39 Å². The van der Waals surface area contributed by atoms with E-state index in [0.29, 0.717) is 5.02 Å². The highest BCUT2D eigenvalue weighted by Crippen LogP contribution is 2.43. The second-order valence-electron chi connectivity index (χ2n) is 5.09. The number of rotatable bonds is 2. The summed E-state index contributed by atoms with van der Waals surface area (Å²) in [7, 11) is 1.47. The van der Waals surface area contributed by atoms with E-state index < -0.39 is 11.4 Å². The first kappa shape index (κ1) is 13.6. The molecule has 0 spiro atoms. The molecule has 100 valence electrons. The highest BCUT2D eigenvalue weighted by Gasteiger charge is 2.35. The summed E-state index contributed by atoms with van der Waals surface area (Å²) >= 11 is 6.08. The predicted molar refractivity (Wildman–Crippen MR) is 71.6 cm³/mol. The van der Waals surface area contributed by atoms with Gasteiger partial charge in [0.25, 0.3) is 0 Å². The molecule has 1 fully saturated rings. The molecule has 2 N–H and O–H groups in total.